The third-order valence-electron chi connectivity index (χ3n) is 3.79. The van der Waals surface area contributed by atoms with Gasteiger partial charge < -0.3 is 0 Å². The second kappa shape index (κ2) is 4.40. The summed E-state index contributed by atoms with van der Waals surface area (Å²) in [6.07, 6.45) is -2.80. The number of nitrogens with one attached hydrogen (secondary N) is 1. The fourth-order valence-electron chi connectivity index (χ4n) is 2.63. The first-order valence-electron chi connectivity index (χ1n) is 6.04. The van der Waals surface area contributed by atoms with Gasteiger partial charge in [0.15, 0.2) is 0 Å². The molecule has 0 fully saturated rings. The molecule has 0 bridgehead atoms. The van der Waals surface area contributed by atoms with E-state index in [0.29, 0.717) is 12.1 Å². The van der Waals surface area contributed by atoms with Crippen LogP contribution in [0.25, 0.3) is 0 Å². The van der Waals surface area contributed by atoms with Crippen LogP contribution in [0.2, 0.25) is 0 Å². The number of halogens is 3. The Labute approximate surface area is 102 Å². The van der Waals surface area contributed by atoms with Gasteiger partial charge in [0.05, 0.1) is 5.69 Å². The van der Waals surface area contributed by atoms with Crippen molar-refractivity contribution in [1.82, 2.24) is 10.2 Å². The molecule has 100 valence electrons. The van der Waals surface area contributed by atoms with E-state index in [0.717, 1.165) is 6.42 Å². The predicted molar refractivity (Wildman–Crippen MR) is 60.4 cm³/mol. The Morgan fingerprint density at radius 3 is 2.72 bits per heavy atom. The third kappa shape index (κ3) is 2.04. The first-order chi connectivity index (χ1) is 8.36. The van der Waals surface area contributed by atoms with Crippen molar-refractivity contribution in [3.05, 3.63) is 27.2 Å². The van der Waals surface area contributed by atoms with E-state index in [1.165, 1.54) is 0 Å². The fraction of sp³-hybridized carbons (Fsp3) is 0.667. The van der Waals surface area contributed by atoms with Crippen LogP contribution in [0.3, 0.4) is 0 Å². The summed E-state index contributed by atoms with van der Waals surface area (Å²) in [5, 5.41) is 5.84. The molecule has 2 atom stereocenters. The summed E-state index contributed by atoms with van der Waals surface area (Å²) in [6.45, 7) is 4.00. The number of hydrogen-bond acceptors (Lipinski definition) is 2. The number of nitrogens with zero attached hydrogens (tertiary/aromatic N) is 1. The minimum atomic E-state index is -4.61. The van der Waals surface area contributed by atoms with E-state index in [1.807, 2.05) is 18.9 Å². The largest absolute Gasteiger partial charge is 0.422 e. The van der Waals surface area contributed by atoms with Gasteiger partial charge in [-0.15, -0.1) is 0 Å². The van der Waals surface area contributed by atoms with Gasteiger partial charge in [-0.25, -0.2) is 5.10 Å². The van der Waals surface area contributed by atoms with Gasteiger partial charge in [-0.3, -0.25) is 4.79 Å². The highest BCUT2D eigenvalue weighted by molar-refractivity contribution is 5.36. The van der Waals surface area contributed by atoms with Crippen LogP contribution < -0.4 is 5.56 Å². The van der Waals surface area contributed by atoms with Gasteiger partial charge in [0, 0.05) is 5.92 Å². The molecule has 1 aromatic rings. The molecule has 0 amide bonds. The average molecular weight is 260 g/mol. The van der Waals surface area contributed by atoms with Crippen LogP contribution in [0.1, 0.15) is 49.4 Å². The van der Waals surface area contributed by atoms with E-state index in [1.54, 1.807) is 0 Å². The zero-order valence-corrected chi connectivity index (χ0v) is 10.3. The molecule has 1 aliphatic rings. The zero-order chi connectivity index (χ0) is 13.5. The molecule has 18 heavy (non-hydrogen) atoms. The summed E-state index contributed by atoms with van der Waals surface area (Å²) in [5.74, 6) is 0.286. The first-order valence-corrected chi connectivity index (χ1v) is 6.04. The molecule has 0 aliphatic heterocycles. The lowest BCUT2D eigenvalue weighted by Gasteiger charge is -2.17. The summed E-state index contributed by atoms with van der Waals surface area (Å²) < 4.78 is 38.6. The normalized spacial score (nSPS) is 20.8. The van der Waals surface area contributed by atoms with Crippen LogP contribution in [0.4, 0.5) is 13.2 Å². The lowest BCUT2D eigenvalue weighted by atomic mass is 9.90. The molecule has 1 N–H and O–H groups in total. The van der Waals surface area contributed by atoms with Crippen molar-refractivity contribution in [1.29, 1.82) is 0 Å². The van der Waals surface area contributed by atoms with E-state index in [4.69, 9.17) is 0 Å². The Bertz CT molecular complexity index is 507. The molecule has 0 saturated carbocycles. The van der Waals surface area contributed by atoms with Crippen molar-refractivity contribution in [3.63, 3.8) is 0 Å². The van der Waals surface area contributed by atoms with Crippen LogP contribution in [-0.2, 0) is 12.6 Å². The van der Waals surface area contributed by atoms with Gasteiger partial charge in [-0.2, -0.15) is 18.3 Å². The van der Waals surface area contributed by atoms with Crippen molar-refractivity contribution < 1.29 is 13.2 Å². The van der Waals surface area contributed by atoms with Crippen molar-refractivity contribution in [2.45, 2.75) is 45.2 Å². The van der Waals surface area contributed by atoms with Crippen molar-refractivity contribution in [3.8, 4) is 0 Å². The molecular formula is C12H15F3N2O. The van der Waals surface area contributed by atoms with Gasteiger partial charge in [0.25, 0.3) is 5.56 Å². The van der Waals surface area contributed by atoms with E-state index in [2.05, 4.69) is 5.10 Å². The third-order valence-corrected chi connectivity index (χ3v) is 3.79. The first kappa shape index (κ1) is 13.1. The second-order valence-electron chi connectivity index (χ2n) is 4.82. The summed E-state index contributed by atoms with van der Waals surface area (Å²) in [5.41, 5.74) is -1.67. The van der Waals surface area contributed by atoms with Crippen LogP contribution in [0.15, 0.2) is 4.79 Å². The fourth-order valence-corrected chi connectivity index (χ4v) is 2.63. The molecule has 3 nitrogen and oxygen atoms in total. The van der Waals surface area contributed by atoms with Crippen LogP contribution in [0.5, 0.6) is 0 Å². The van der Waals surface area contributed by atoms with Gasteiger partial charge in [0.2, 0.25) is 0 Å². The van der Waals surface area contributed by atoms with E-state index < -0.39 is 17.3 Å². The molecule has 1 aliphatic carbocycles. The van der Waals surface area contributed by atoms with Gasteiger partial charge in [-0.05, 0) is 24.3 Å². The monoisotopic (exact) mass is 260 g/mol. The predicted octanol–water partition coefficient (Wildman–Crippen LogP) is 2.86. The quantitative estimate of drug-likeness (QED) is 0.888. The molecule has 0 radical (unpaired) electrons. The Morgan fingerprint density at radius 2 is 2.17 bits per heavy atom. The highest BCUT2D eigenvalue weighted by Crippen LogP contribution is 2.41. The summed E-state index contributed by atoms with van der Waals surface area (Å²) in [6, 6.07) is 0. The molecule has 2 unspecified atom stereocenters. The minimum Gasteiger partial charge on any atom is -0.267 e. The maximum atomic E-state index is 12.9. The Balaban J connectivity index is 2.55. The van der Waals surface area contributed by atoms with Crippen LogP contribution in [0, 0.1) is 5.92 Å². The van der Waals surface area contributed by atoms with Crippen molar-refractivity contribution >= 4 is 0 Å². The Hall–Kier alpha value is -1.33. The molecule has 0 aromatic carbocycles. The number of hydrogen-bond donors (Lipinski definition) is 1. The highest BCUT2D eigenvalue weighted by atomic mass is 19.4. The van der Waals surface area contributed by atoms with E-state index >= 15 is 0 Å². The van der Waals surface area contributed by atoms with Crippen LogP contribution in [-0.4, -0.2) is 10.2 Å². The van der Waals surface area contributed by atoms with E-state index in [9.17, 15) is 18.0 Å². The highest BCUT2D eigenvalue weighted by Gasteiger charge is 2.41. The Morgan fingerprint density at radius 1 is 1.50 bits per heavy atom. The van der Waals surface area contributed by atoms with Crippen molar-refractivity contribution in [2.75, 3.05) is 0 Å². The standard InChI is InChI=1S/C12H15F3N2O/c1-3-6(2)7-4-5-8-9(12(13,14)15)11(18)17-16-10(7)8/h6-7H,3-5H2,1-2H3,(H,17,18). The molecule has 0 saturated heterocycles. The number of alkyl halides is 3. The summed E-state index contributed by atoms with van der Waals surface area (Å²) in [4.78, 5) is 11.3. The number of rotatable bonds is 2. The number of aromatic amines is 1. The van der Waals surface area contributed by atoms with Gasteiger partial charge in [0.1, 0.15) is 5.56 Å². The average Bonchev–Trinajstić information content (AvgIpc) is 2.69. The smallest absolute Gasteiger partial charge is 0.267 e. The summed E-state index contributed by atoms with van der Waals surface area (Å²) in [7, 11) is 0. The molecule has 2 rings (SSSR count). The molecule has 1 aromatic heterocycles. The molecule has 6 heteroatoms. The lowest BCUT2D eigenvalue weighted by molar-refractivity contribution is -0.139. The number of aromatic nitrogens is 2. The van der Waals surface area contributed by atoms with E-state index in [-0.39, 0.29) is 23.8 Å². The SMILES string of the molecule is CCC(C)C1CCc2c1n[nH]c(=O)c2C(F)(F)F. The van der Waals surface area contributed by atoms with Gasteiger partial charge in [-0.1, -0.05) is 20.3 Å². The Kier molecular flexibility index (Phi) is 3.21. The molecular weight excluding hydrogens is 245 g/mol. The second-order valence-corrected chi connectivity index (χ2v) is 4.82. The van der Waals surface area contributed by atoms with Crippen LogP contribution >= 0.6 is 0 Å². The molecule has 1 heterocycles. The summed E-state index contributed by atoms with van der Waals surface area (Å²) >= 11 is 0. The topological polar surface area (TPSA) is 45.8 Å². The maximum Gasteiger partial charge on any atom is 0.422 e. The maximum absolute atomic E-state index is 12.9. The van der Waals surface area contributed by atoms with Gasteiger partial charge >= 0.3 is 6.18 Å². The number of fused-ring (bicyclic) bond motifs is 1. The lowest BCUT2D eigenvalue weighted by Crippen LogP contribution is -2.26. The zero-order valence-electron chi connectivity index (χ0n) is 10.3. The molecule has 0 spiro atoms. The van der Waals surface area contributed by atoms with Crippen molar-refractivity contribution in [2.24, 2.45) is 5.92 Å². The minimum absolute atomic E-state index is 0.0166. The number of H-pyrrole nitrogens is 1.